The van der Waals surface area contributed by atoms with Crippen LogP contribution in [0, 0.1) is 5.92 Å². The van der Waals surface area contributed by atoms with Gasteiger partial charge in [0.2, 0.25) is 11.8 Å². The summed E-state index contributed by atoms with van der Waals surface area (Å²) >= 11 is 6.32. The first-order valence-electron chi connectivity index (χ1n) is 19.4. The molecule has 0 saturated carbocycles. The molecule has 0 bridgehead atoms. The van der Waals surface area contributed by atoms with Crippen LogP contribution in [0.15, 0.2) is 73.1 Å². The molecule has 3 saturated heterocycles. The lowest BCUT2D eigenvalue weighted by atomic mass is 10.0. The van der Waals surface area contributed by atoms with Gasteiger partial charge in [0, 0.05) is 73.1 Å². The maximum atomic E-state index is 14.2. The minimum atomic E-state index is -5.08. The molecular weight excluding hydrogens is 857 g/mol. The Kier molecular flexibility index (Phi) is 13.0. The smallest absolute Gasteiger partial charge is 0.477 e. The van der Waals surface area contributed by atoms with Crippen molar-refractivity contribution >= 4 is 75.1 Å². The predicted molar refractivity (Wildman–Crippen MR) is 217 cm³/mol. The summed E-state index contributed by atoms with van der Waals surface area (Å²) in [7, 11) is 0. The molecule has 0 radical (unpaired) electrons. The van der Waals surface area contributed by atoms with Crippen molar-refractivity contribution in [2.45, 2.75) is 25.1 Å². The Morgan fingerprint density at radius 2 is 1.67 bits per heavy atom. The van der Waals surface area contributed by atoms with Crippen molar-refractivity contribution in [3.05, 3.63) is 89.3 Å². The van der Waals surface area contributed by atoms with Gasteiger partial charge in [0.25, 0.3) is 0 Å². The molecule has 4 amide bonds. The number of rotatable bonds is 11. The van der Waals surface area contributed by atoms with Crippen molar-refractivity contribution in [1.29, 1.82) is 0 Å². The molecule has 23 heteroatoms. The second kappa shape index (κ2) is 18.6. The van der Waals surface area contributed by atoms with Crippen LogP contribution in [0.3, 0.4) is 0 Å². The van der Waals surface area contributed by atoms with E-state index in [2.05, 4.69) is 30.7 Å². The summed E-state index contributed by atoms with van der Waals surface area (Å²) in [5, 5.41) is 31.6. The molecule has 3 aliphatic rings. The fourth-order valence-electron chi connectivity index (χ4n) is 7.53. The van der Waals surface area contributed by atoms with Gasteiger partial charge < -0.3 is 40.0 Å². The van der Waals surface area contributed by atoms with Crippen LogP contribution in [-0.4, -0.2) is 145 Å². The number of halogens is 4. The molecule has 0 spiro atoms. The lowest BCUT2D eigenvalue weighted by Crippen LogP contribution is -2.60. The Bertz CT molecular complexity index is 2530. The molecule has 5 aromatic rings. The van der Waals surface area contributed by atoms with Crippen molar-refractivity contribution in [1.82, 2.24) is 35.0 Å². The average molecular weight is 895 g/mol. The first kappa shape index (κ1) is 44.2. The molecule has 5 heterocycles. The number of aromatic carboxylic acids is 1. The fraction of sp³-hybridized carbons (Fsp3) is 0.325. The number of anilines is 3. The highest BCUT2D eigenvalue weighted by molar-refractivity contribution is 6.41. The van der Waals surface area contributed by atoms with Gasteiger partial charge in [-0.1, -0.05) is 23.7 Å². The molecule has 19 nitrogen and oxygen atoms in total. The molecule has 8 rings (SSSR count). The van der Waals surface area contributed by atoms with Gasteiger partial charge in [0.1, 0.15) is 18.1 Å². The molecule has 63 heavy (non-hydrogen) atoms. The zero-order valence-corrected chi connectivity index (χ0v) is 33.8. The van der Waals surface area contributed by atoms with Gasteiger partial charge in [-0.2, -0.15) is 17.9 Å². The highest BCUT2D eigenvalue weighted by Gasteiger charge is 2.41. The summed E-state index contributed by atoms with van der Waals surface area (Å²) in [6.07, 6.45) is -2.67. The highest BCUT2D eigenvalue weighted by Crippen LogP contribution is 2.31. The topological polar surface area (TPSA) is 236 Å². The van der Waals surface area contributed by atoms with E-state index in [4.69, 9.17) is 26.2 Å². The number of tetrazole rings is 1. The zero-order valence-electron chi connectivity index (χ0n) is 33.0. The van der Waals surface area contributed by atoms with Crippen LogP contribution in [0.1, 0.15) is 22.5 Å². The minimum Gasteiger partial charge on any atom is -0.477 e. The van der Waals surface area contributed by atoms with Crippen LogP contribution < -0.4 is 15.1 Å². The first-order chi connectivity index (χ1) is 30.0. The SMILES string of the molecule is O=C(O)C(F)(F)F.O=C(O)c1cc2cc(NC(=O)C(Cc3ccc(N4CCN(CC5CCOC5)CC4=O)cc3)N3CCN(c4cc(Cl)ccc4-n4cnnn4)C(=O)C3=O)ccc2[nH]1. The molecule has 2 unspecified atom stereocenters. The number of aliphatic carboxylic acids is 1. The standard InChI is InChI=1S/C38H37ClN10O7.C2HF3O2/c39-26-3-8-31(49-22-40-43-44-49)32(18-26)47-12-13-48(37(53)36(47)52)33(35(51)41-27-4-7-29-25(16-27)17-30(42-29)38(54)55)15-23-1-5-28(6-2-23)46-11-10-45(20-34(46)50)19-24-9-14-56-21-24;3-2(4,5)1(6)7/h1-8,16-18,22,24,33,42H,9-15,19-21H2,(H,41,51)(H,54,55);(H,6,7). The Labute approximate surface area is 359 Å². The van der Waals surface area contributed by atoms with Crippen LogP contribution in [0.2, 0.25) is 5.02 Å². The third kappa shape index (κ3) is 10.2. The van der Waals surface area contributed by atoms with Crippen LogP contribution >= 0.6 is 11.6 Å². The summed E-state index contributed by atoms with van der Waals surface area (Å²) in [5.41, 5.74) is 3.12. The van der Waals surface area contributed by atoms with Crippen molar-refractivity contribution in [3.8, 4) is 5.69 Å². The lowest BCUT2D eigenvalue weighted by Gasteiger charge is -2.38. The highest BCUT2D eigenvalue weighted by atomic mass is 35.5. The van der Waals surface area contributed by atoms with E-state index in [-0.39, 0.29) is 31.1 Å². The van der Waals surface area contributed by atoms with Gasteiger partial charge in [-0.3, -0.25) is 24.1 Å². The molecule has 330 valence electrons. The summed E-state index contributed by atoms with van der Waals surface area (Å²) < 4.78 is 38.6. The Morgan fingerprint density at radius 1 is 0.921 bits per heavy atom. The number of aromatic amines is 1. The molecular formula is C40H38ClF3N10O9. The van der Waals surface area contributed by atoms with E-state index in [1.54, 1.807) is 41.3 Å². The third-order valence-electron chi connectivity index (χ3n) is 10.6. The Hall–Kier alpha value is -6.91. The largest absolute Gasteiger partial charge is 0.490 e. The number of ether oxygens (including phenoxy) is 1. The van der Waals surface area contributed by atoms with E-state index in [1.807, 2.05) is 24.3 Å². The number of amides is 4. The van der Waals surface area contributed by atoms with E-state index < -0.39 is 41.9 Å². The third-order valence-corrected chi connectivity index (χ3v) is 10.9. The van der Waals surface area contributed by atoms with Gasteiger partial charge in [0.15, 0.2) is 0 Å². The quantitative estimate of drug-likeness (QED) is 0.140. The molecule has 2 aromatic heterocycles. The first-order valence-corrected chi connectivity index (χ1v) is 19.8. The van der Waals surface area contributed by atoms with Crippen LogP contribution in [0.4, 0.5) is 30.2 Å². The Balaban J connectivity index is 0.000000785. The van der Waals surface area contributed by atoms with E-state index >= 15 is 0 Å². The Morgan fingerprint density at radius 3 is 2.32 bits per heavy atom. The lowest BCUT2D eigenvalue weighted by molar-refractivity contribution is -0.192. The number of benzene rings is 3. The van der Waals surface area contributed by atoms with Crippen LogP contribution in [0.5, 0.6) is 0 Å². The van der Waals surface area contributed by atoms with Crippen molar-refractivity contribution in [2.24, 2.45) is 5.92 Å². The molecule has 0 aliphatic carbocycles. The number of carbonyl (C=O) groups excluding carboxylic acids is 4. The number of aromatic nitrogens is 5. The molecule has 4 N–H and O–H groups in total. The van der Waals surface area contributed by atoms with Crippen molar-refractivity contribution < 1.29 is 56.9 Å². The van der Waals surface area contributed by atoms with Gasteiger partial charge in [0.05, 0.1) is 24.5 Å². The molecule has 3 aliphatic heterocycles. The summed E-state index contributed by atoms with van der Waals surface area (Å²) in [6.45, 7) is 3.97. The van der Waals surface area contributed by atoms with Crippen LogP contribution in [-0.2, 0) is 35.1 Å². The number of carbonyl (C=O) groups is 6. The number of H-pyrrole nitrogens is 1. The fourth-order valence-corrected chi connectivity index (χ4v) is 7.69. The van der Waals surface area contributed by atoms with Crippen molar-refractivity contribution in [3.63, 3.8) is 0 Å². The molecule has 2 atom stereocenters. The van der Waals surface area contributed by atoms with Gasteiger partial charge in [-0.25, -0.2) is 9.59 Å². The number of alkyl halides is 3. The molecule has 3 fully saturated rings. The normalized spacial score (nSPS) is 17.7. The van der Waals surface area contributed by atoms with Gasteiger partial charge in [-0.15, -0.1) is 5.10 Å². The van der Waals surface area contributed by atoms with E-state index in [0.717, 1.165) is 38.4 Å². The maximum absolute atomic E-state index is 14.2. The van der Waals surface area contributed by atoms with E-state index in [0.29, 0.717) is 57.6 Å². The van der Waals surface area contributed by atoms with E-state index in [9.17, 15) is 42.3 Å². The summed E-state index contributed by atoms with van der Waals surface area (Å²) in [6, 6.07) is 17.3. The second-order valence-corrected chi connectivity index (χ2v) is 15.3. The second-order valence-electron chi connectivity index (χ2n) is 14.8. The zero-order chi connectivity index (χ0) is 45.0. The number of nitrogens with zero attached hydrogens (tertiary/aromatic N) is 8. The minimum absolute atomic E-state index is 0.0000370. The monoisotopic (exact) mass is 894 g/mol. The van der Waals surface area contributed by atoms with Crippen LogP contribution in [0.25, 0.3) is 16.6 Å². The number of nitrogens with one attached hydrogen (secondary N) is 2. The number of carboxylic acid groups (broad SMARTS) is 2. The van der Waals surface area contributed by atoms with Gasteiger partial charge >= 0.3 is 29.9 Å². The number of hydrogen-bond donors (Lipinski definition) is 4. The molecule has 3 aromatic carbocycles. The maximum Gasteiger partial charge on any atom is 0.490 e. The number of hydrogen-bond acceptors (Lipinski definition) is 11. The predicted octanol–water partition coefficient (Wildman–Crippen LogP) is 3.24. The van der Waals surface area contributed by atoms with Gasteiger partial charge in [-0.05, 0) is 82.9 Å². The number of piperazine rings is 2. The summed E-state index contributed by atoms with van der Waals surface area (Å²) in [5.74, 6) is -5.74. The number of carboxylic acids is 2. The average Bonchev–Trinajstić information content (AvgIpc) is 4.05. The summed E-state index contributed by atoms with van der Waals surface area (Å²) in [4.78, 5) is 85.0. The van der Waals surface area contributed by atoms with Crippen molar-refractivity contribution in [2.75, 3.05) is 67.6 Å². The number of fused-ring (bicyclic) bond motifs is 1. The van der Waals surface area contributed by atoms with E-state index in [1.165, 1.54) is 26.9 Å².